The molecule has 20 heavy (non-hydrogen) atoms. The first kappa shape index (κ1) is 15.3. The monoisotopic (exact) mass is 298 g/mol. The van der Waals surface area contributed by atoms with Gasteiger partial charge in [-0.3, -0.25) is 0 Å². The summed E-state index contributed by atoms with van der Waals surface area (Å²) in [6, 6.07) is 2.94. The van der Waals surface area contributed by atoms with Gasteiger partial charge in [0.05, 0.1) is 4.90 Å². The van der Waals surface area contributed by atoms with Gasteiger partial charge in [0.1, 0.15) is 0 Å². The number of aliphatic hydroxyl groups is 1. The van der Waals surface area contributed by atoms with Crippen LogP contribution < -0.4 is 10.5 Å². The Kier molecular flexibility index (Phi) is 4.36. The molecule has 2 rings (SSSR count). The number of anilines is 1. The predicted octanol–water partition coefficient (Wildman–Crippen LogP) is 1.32. The lowest BCUT2D eigenvalue weighted by atomic mass is 10.1. The smallest absolute Gasteiger partial charge is 0.240 e. The Bertz CT molecular complexity index is 575. The molecule has 1 aliphatic rings. The van der Waals surface area contributed by atoms with Gasteiger partial charge in [0, 0.05) is 18.3 Å². The van der Waals surface area contributed by atoms with E-state index in [4.69, 9.17) is 5.73 Å². The molecular weight excluding hydrogens is 276 g/mol. The van der Waals surface area contributed by atoms with Crippen LogP contribution in [0.1, 0.15) is 30.4 Å². The molecule has 0 radical (unpaired) electrons. The average molecular weight is 298 g/mol. The summed E-state index contributed by atoms with van der Waals surface area (Å²) < 4.78 is 27.5. The fourth-order valence-electron chi connectivity index (χ4n) is 2.69. The summed E-state index contributed by atoms with van der Waals surface area (Å²) >= 11 is 0. The van der Waals surface area contributed by atoms with Crippen molar-refractivity contribution in [3.8, 4) is 0 Å². The van der Waals surface area contributed by atoms with Crippen molar-refractivity contribution in [2.45, 2.75) is 44.0 Å². The third-order valence-corrected chi connectivity index (χ3v) is 5.66. The van der Waals surface area contributed by atoms with E-state index in [2.05, 4.69) is 4.72 Å². The van der Waals surface area contributed by atoms with Crippen molar-refractivity contribution < 1.29 is 13.5 Å². The van der Waals surface area contributed by atoms with Crippen LogP contribution in [0.2, 0.25) is 0 Å². The molecule has 0 bridgehead atoms. The maximum atomic E-state index is 12.4. The van der Waals surface area contributed by atoms with Gasteiger partial charge in [0.15, 0.2) is 0 Å². The molecule has 1 aromatic rings. The number of aryl methyl sites for hydroxylation is 1. The summed E-state index contributed by atoms with van der Waals surface area (Å²) in [5.41, 5.74) is 8.09. The van der Waals surface area contributed by atoms with Crippen LogP contribution in [0.3, 0.4) is 0 Å². The molecule has 4 N–H and O–H groups in total. The van der Waals surface area contributed by atoms with Crippen LogP contribution >= 0.6 is 0 Å². The fraction of sp³-hybridized carbons (Fsp3) is 0.571. The van der Waals surface area contributed by atoms with Crippen molar-refractivity contribution in [2.24, 2.45) is 5.92 Å². The molecule has 0 heterocycles. The number of nitrogens with one attached hydrogen (secondary N) is 1. The van der Waals surface area contributed by atoms with Crippen LogP contribution in [0.5, 0.6) is 0 Å². The number of nitrogen functional groups attached to an aromatic ring is 1. The quantitative estimate of drug-likeness (QED) is 0.731. The molecule has 6 heteroatoms. The molecule has 0 aromatic heterocycles. The topological polar surface area (TPSA) is 92.4 Å². The number of aliphatic hydroxyl groups excluding tert-OH is 1. The number of rotatable bonds is 4. The molecule has 0 spiro atoms. The lowest BCUT2D eigenvalue weighted by Gasteiger charge is -2.19. The summed E-state index contributed by atoms with van der Waals surface area (Å²) in [6.45, 7) is 3.73. The Labute approximate surface area is 120 Å². The van der Waals surface area contributed by atoms with Gasteiger partial charge in [-0.15, -0.1) is 0 Å². The SMILES string of the molecule is Cc1cc(S(=O)(=O)NC2CCCC2CO)cc(N)c1C. The maximum Gasteiger partial charge on any atom is 0.240 e. The van der Waals surface area contributed by atoms with E-state index in [1.54, 1.807) is 6.07 Å². The number of sulfonamides is 1. The van der Waals surface area contributed by atoms with Crippen LogP contribution in [-0.4, -0.2) is 26.2 Å². The lowest BCUT2D eigenvalue weighted by molar-refractivity contribution is 0.213. The summed E-state index contributed by atoms with van der Waals surface area (Å²) in [7, 11) is -3.59. The fourth-order valence-corrected chi connectivity index (χ4v) is 4.14. The van der Waals surface area contributed by atoms with E-state index in [0.29, 0.717) is 5.69 Å². The van der Waals surface area contributed by atoms with E-state index in [9.17, 15) is 13.5 Å². The minimum Gasteiger partial charge on any atom is -0.398 e. The second-order valence-corrected chi connectivity index (χ2v) is 7.27. The Hall–Kier alpha value is -1.11. The molecule has 1 aromatic carbocycles. The van der Waals surface area contributed by atoms with Gasteiger partial charge in [-0.1, -0.05) is 6.42 Å². The van der Waals surface area contributed by atoms with Gasteiger partial charge in [-0.25, -0.2) is 13.1 Å². The molecule has 0 aliphatic heterocycles. The first-order valence-electron chi connectivity index (χ1n) is 6.85. The molecule has 1 saturated carbocycles. The Balaban J connectivity index is 2.27. The van der Waals surface area contributed by atoms with Gasteiger partial charge in [0.2, 0.25) is 10.0 Å². The summed E-state index contributed by atoms with van der Waals surface area (Å²) in [5, 5.41) is 9.27. The van der Waals surface area contributed by atoms with Crippen LogP contribution in [0.4, 0.5) is 5.69 Å². The molecule has 2 atom stereocenters. The summed E-state index contributed by atoms with van der Waals surface area (Å²) in [4.78, 5) is 0.196. The lowest BCUT2D eigenvalue weighted by Crippen LogP contribution is -2.38. The van der Waals surface area contributed by atoms with Crippen molar-refractivity contribution in [3.63, 3.8) is 0 Å². The molecule has 0 amide bonds. The van der Waals surface area contributed by atoms with Gasteiger partial charge in [-0.05, 0) is 55.9 Å². The summed E-state index contributed by atoms with van der Waals surface area (Å²) in [6.07, 6.45) is 2.57. The Morgan fingerprint density at radius 3 is 2.65 bits per heavy atom. The van der Waals surface area contributed by atoms with Crippen molar-refractivity contribution in [2.75, 3.05) is 12.3 Å². The van der Waals surface area contributed by atoms with E-state index >= 15 is 0 Å². The highest BCUT2D eigenvalue weighted by molar-refractivity contribution is 7.89. The third-order valence-electron chi connectivity index (χ3n) is 4.19. The van der Waals surface area contributed by atoms with Gasteiger partial charge >= 0.3 is 0 Å². The first-order valence-corrected chi connectivity index (χ1v) is 8.33. The normalized spacial score (nSPS) is 23.1. The maximum absolute atomic E-state index is 12.4. The molecule has 2 unspecified atom stereocenters. The van der Waals surface area contributed by atoms with E-state index in [1.165, 1.54) is 6.07 Å². The van der Waals surface area contributed by atoms with Crippen molar-refractivity contribution >= 4 is 15.7 Å². The summed E-state index contributed by atoms with van der Waals surface area (Å²) in [5.74, 6) is 0.00803. The predicted molar refractivity (Wildman–Crippen MR) is 78.9 cm³/mol. The minimum absolute atomic E-state index is 0.00803. The van der Waals surface area contributed by atoms with Crippen LogP contribution in [0.25, 0.3) is 0 Å². The van der Waals surface area contributed by atoms with E-state index in [1.807, 2.05) is 13.8 Å². The highest BCUT2D eigenvalue weighted by atomic mass is 32.2. The van der Waals surface area contributed by atoms with E-state index in [-0.39, 0.29) is 23.5 Å². The Morgan fingerprint density at radius 2 is 2.05 bits per heavy atom. The van der Waals surface area contributed by atoms with Crippen molar-refractivity contribution in [1.82, 2.24) is 4.72 Å². The number of hydrogen-bond donors (Lipinski definition) is 3. The molecule has 1 fully saturated rings. The first-order chi connectivity index (χ1) is 9.35. The number of benzene rings is 1. The highest BCUT2D eigenvalue weighted by Gasteiger charge is 2.31. The largest absolute Gasteiger partial charge is 0.398 e. The average Bonchev–Trinajstić information content (AvgIpc) is 2.81. The van der Waals surface area contributed by atoms with E-state index < -0.39 is 10.0 Å². The molecular formula is C14H22N2O3S. The van der Waals surface area contributed by atoms with Crippen molar-refractivity contribution in [3.05, 3.63) is 23.3 Å². The van der Waals surface area contributed by atoms with Crippen LogP contribution in [-0.2, 0) is 10.0 Å². The number of hydrogen-bond acceptors (Lipinski definition) is 4. The second kappa shape index (κ2) is 5.71. The highest BCUT2D eigenvalue weighted by Crippen LogP contribution is 2.27. The number of nitrogens with two attached hydrogens (primary N) is 1. The van der Waals surface area contributed by atoms with Gasteiger partial charge < -0.3 is 10.8 Å². The zero-order valence-electron chi connectivity index (χ0n) is 11.9. The van der Waals surface area contributed by atoms with Crippen LogP contribution in [0.15, 0.2) is 17.0 Å². The van der Waals surface area contributed by atoms with Crippen molar-refractivity contribution in [1.29, 1.82) is 0 Å². The molecule has 0 saturated heterocycles. The standard InChI is InChI=1S/C14H22N2O3S/c1-9-6-12(7-13(15)10(9)2)20(18,19)16-14-5-3-4-11(14)8-17/h6-7,11,14,16-17H,3-5,8,15H2,1-2H3. The second-order valence-electron chi connectivity index (χ2n) is 5.56. The molecule has 5 nitrogen and oxygen atoms in total. The van der Waals surface area contributed by atoms with E-state index in [0.717, 1.165) is 30.4 Å². The van der Waals surface area contributed by atoms with Crippen LogP contribution in [0, 0.1) is 19.8 Å². The zero-order valence-corrected chi connectivity index (χ0v) is 12.7. The van der Waals surface area contributed by atoms with Gasteiger partial charge in [0.25, 0.3) is 0 Å². The Morgan fingerprint density at radius 1 is 1.35 bits per heavy atom. The zero-order chi connectivity index (χ0) is 14.9. The van der Waals surface area contributed by atoms with Gasteiger partial charge in [-0.2, -0.15) is 0 Å². The third kappa shape index (κ3) is 2.97. The minimum atomic E-state index is -3.59. The molecule has 112 valence electrons. The molecule has 1 aliphatic carbocycles.